The third kappa shape index (κ3) is 9.50. The first-order chi connectivity index (χ1) is 22.1. The number of amides is 5. The van der Waals surface area contributed by atoms with Crippen LogP contribution in [-0.4, -0.2) is 77.4 Å². The van der Waals surface area contributed by atoms with Gasteiger partial charge < -0.3 is 30.7 Å². The van der Waals surface area contributed by atoms with E-state index >= 15 is 0 Å². The number of hydrogen-bond acceptors (Lipinski definition) is 7. The Morgan fingerprint density at radius 2 is 1.57 bits per heavy atom. The van der Waals surface area contributed by atoms with Crippen molar-refractivity contribution < 1.29 is 28.5 Å². The van der Waals surface area contributed by atoms with Gasteiger partial charge in [-0.15, -0.1) is 0 Å². The number of benzene rings is 2. The molecule has 0 spiro atoms. The van der Waals surface area contributed by atoms with Gasteiger partial charge in [0.2, 0.25) is 23.6 Å². The van der Waals surface area contributed by atoms with Gasteiger partial charge in [-0.3, -0.25) is 24.0 Å². The molecule has 1 aliphatic rings. The van der Waals surface area contributed by atoms with E-state index in [-0.39, 0.29) is 61.8 Å². The molecule has 3 aromatic rings. The zero-order valence-electron chi connectivity index (χ0n) is 26.5. The Hall–Kier alpha value is -5.00. The molecule has 244 valence electrons. The summed E-state index contributed by atoms with van der Waals surface area (Å²) in [6.07, 6.45) is 1.02. The maximum atomic E-state index is 13.5. The summed E-state index contributed by atoms with van der Waals surface area (Å²) >= 11 is 0. The van der Waals surface area contributed by atoms with Crippen molar-refractivity contribution in [1.82, 2.24) is 31.3 Å². The summed E-state index contributed by atoms with van der Waals surface area (Å²) in [5.74, 6) is -1.91. The second kappa shape index (κ2) is 16.4. The van der Waals surface area contributed by atoms with E-state index in [0.29, 0.717) is 18.6 Å². The van der Waals surface area contributed by atoms with Gasteiger partial charge in [-0.1, -0.05) is 79.7 Å². The average molecular weight is 631 g/mol. The summed E-state index contributed by atoms with van der Waals surface area (Å²) in [7, 11) is 0. The van der Waals surface area contributed by atoms with Crippen LogP contribution in [0, 0.1) is 5.92 Å². The molecule has 1 aromatic heterocycles. The van der Waals surface area contributed by atoms with Crippen LogP contribution in [0.3, 0.4) is 0 Å². The fourth-order valence-corrected chi connectivity index (χ4v) is 5.13. The molecule has 0 radical (unpaired) electrons. The van der Waals surface area contributed by atoms with E-state index in [1.807, 2.05) is 74.5 Å². The first-order valence-electron chi connectivity index (χ1n) is 15.7. The maximum absolute atomic E-state index is 13.5. The van der Waals surface area contributed by atoms with E-state index in [4.69, 9.17) is 4.52 Å². The van der Waals surface area contributed by atoms with Crippen molar-refractivity contribution in [1.29, 1.82) is 0 Å². The molecule has 5 amide bonds. The molecule has 12 nitrogen and oxygen atoms in total. The smallest absolute Gasteiger partial charge is 0.276 e. The summed E-state index contributed by atoms with van der Waals surface area (Å²) in [5.41, 5.74) is 1.74. The molecule has 12 heteroatoms. The predicted molar refractivity (Wildman–Crippen MR) is 171 cm³/mol. The van der Waals surface area contributed by atoms with Crippen molar-refractivity contribution >= 4 is 29.5 Å². The SMILES string of the molecule is CC(C)[C@H]1NC(=O)[C@@H](C)NC(=O)[C@H](Cc2ccccc2)NC(=O)CCCN(C(=O)c2cc(-c3ccccc3)on2)CCCNC1=O. The highest BCUT2D eigenvalue weighted by atomic mass is 16.5. The van der Waals surface area contributed by atoms with E-state index < -0.39 is 29.9 Å². The molecule has 1 fully saturated rings. The molecule has 0 saturated carbocycles. The molecule has 4 rings (SSSR count). The maximum Gasteiger partial charge on any atom is 0.276 e. The average Bonchev–Trinajstić information content (AvgIpc) is 3.54. The fourth-order valence-electron chi connectivity index (χ4n) is 5.13. The minimum atomic E-state index is -0.950. The second-order valence-corrected chi connectivity index (χ2v) is 11.8. The van der Waals surface area contributed by atoms with Crippen LogP contribution in [0.2, 0.25) is 0 Å². The van der Waals surface area contributed by atoms with Crippen molar-refractivity contribution in [2.24, 2.45) is 5.92 Å². The lowest BCUT2D eigenvalue weighted by Gasteiger charge is -2.26. The molecule has 46 heavy (non-hydrogen) atoms. The normalized spacial score (nSPS) is 21.0. The molecule has 2 heterocycles. The van der Waals surface area contributed by atoms with Crippen LogP contribution in [0.1, 0.15) is 56.1 Å². The van der Waals surface area contributed by atoms with Gasteiger partial charge in [0.1, 0.15) is 18.1 Å². The molecule has 0 unspecified atom stereocenters. The van der Waals surface area contributed by atoms with Crippen LogP contribution in [0.5, 0.6) is 0 Å². The quantitative estimate of drug-likeness (QED) is 0.337. The van der Waals surface area contributed by atoms with E-state index in [2.05, 4.69) is 26.4 Å². The van der Waals surface area contributed by atoms with Crippen molar-refractivity contribution in [2.45, 2.75) is 64.6 Å². The summed E-state index contributed by atoms with van der Waals surface area (Å²) in [6.45, 7) is 5.93. The summed E-state index contributed by atoms with van der Waals surface area (Å²) in [4.78, 5) is 67.6. The van der Waals surface area contributed by atoms with Gasteiger partial charge in [-0.05, 0) is 31.2 Å². The third-order valence-electron chi connectivity index (χ3n) is 7.74. The van der Waals surface area contributed by atoms with Gasteiger partial charge >= 0.3 is 0 Å². The molecule has 1 aliphatic heterocycles. The number of aromatic nitrogens is 1. The van der Waals surface area contributed by atoms with Crippen LogP contribution >= 0.6 is 0 Å². The van der Waals surface area contributed by atoms with Crippen molar-refractivity contribution in [3.63, 3.8) is 0 Å². The standard InChI is InChI=1S/C34H42N6O6/c1-22(2)30-33(44)35-17-11-19-40(34(45)27-21-28(46-39-27)25-14-8-5-9-15-25)18-10-16-29(41)37-26(20-24-12-6-4-7-13-24)32(43)36-23(3)31(42)38-30/h4-9,12-15,21-23,26,30H,10-11,16-20H2,1-3H3,(H,35,44)(H,36,43)(H,37,41)(H,38,42)/t23-,26+,30-/m1/s1. The topological polar surface area (TPSA) is 163 Å². The molecule has 1 saturated heterocycles. The Kier molecular flexibility index (Phi) is 12.0. The molecule has 0 aliphatic carbocycles. The number of hydrogen-bond donors (Lipinski definition) is 4. The zero-order valence-corrected chi connectivity index (χ0v) is 26.5. The van der Waals surface area contributed by atoms with Crippen LogP contribution in [0.25, 0.3) is 11.3 Å². The van der Waals surface area contributed by atoms with E-state index in [9.17, 15) is 24.0 Å². The van der Waals surface area contributed by atoms with Gasteiger partial charge in [0.05, 0.1) is 0 Å². The van der Waals surface area contributed by atoms with Gasteiger partial charge in [0.15, 0.2) is 11.5 Å². The number of rotatable bonds is 5. The van der Waals surface area contributed by atoms with Crippen LogP contribution in [-0.2, 0) is 25.6 Å². The number of carbonyl (C=O) groups is 5. The Bertz CT molecular complexity index is 1490. The summed E-state index contributed by atoms with van der Waals surface area (Å²) in [6, 6.07) is 17.4. The molecular formula is C34H42N6O6. The van der Waals surface area contributed by atoms with Gasteiger partial charge in [0, 0.05) is 44.1 Å². The van der Waals surface area contributed by atoms with Gasteiger partial charge in [-0.2, -0.15) is 0 Å². The molecule has 2 aromatic carbocycles. The van der Waals surface area contributed by atoms with Crippen molar-refractivity contribution in [2.75, 3.05) is 19.6 Å². The lowest BCUT2D eigenvalue weighted by molar-refractivity contribution is -0.134. The first-order valence-corrected chi connectivity index (χ1v) is 15.7. The lowest BCUT2D eigenvalue weighted by atomic mass is 10.0. The second-order valence-electron chi connectivity index (χ2n) is 11.8. The fraction of sp³-hybridized carbons (Fsp3) is 0.412. The Labute approximate surface area is 268 Å². The summed E-state index contributed by atoms with van der Waals surface area (Å²) < 4.78 is 5.44. The largest absolute Gasteiger partial charge is 0.355 e. The Morgan fingerprint density at radius 1 is 0.891 bits per heavy atom. The highest BCUT2D eigenvalue weighted by Gasteiger charge is 2.29. The minimum Gasteiger partial charge on any atom is -0.355 e. The van der Waals surface area contributed by atoms with Gasteiger partial charge in [-0.25, -0.2) is 0 Å². The number of nitrogens with one attached hydrogen (secondary N) is 4. The molecule has 4 N–H and O–H groups in total. The number of nitrogens with zero attached hydrogens (tertiary/aromatic N) is 2. The van der Waals surface area contributed by atoms with Crippen LogP contribution in [0.15, 0.2) is 71.3 Å². The first kappa shape index (κ1) is 33.9. The monoisotopic (exact) mass is 630 g/mol. The van der Waals surface area contributed by atoms with E-state index in [1.165, 1.54) is 6.92 Å². The van der Waals surface area contributed by atoms with Crippen LogP contribution < -0.4 is 21.3 Å². The molecule has 3 atom stereocenters. The minimum absolute atomic E-state index is 0.0548. The van der Waals surface area contributed by atoms with E-state index in [0.717, 1.165) is 11.1 Å². The lowest BCUT2D eigenvalue weighted by Crippen LogP contribution is -2.57. The molecular weight excluding hydrogens is 588 g/mol. The third-order valence-corrected chi connectivity index (χ3v) is 7.74. The Balaban J connectivity index is 1.53. The van der Waals surface area contributed by atoms with Crippen molar-refractivity contribution in [3.8, 4) is 11.3 Å². The number of carbonyl (C=O) groups excluding carboxylic acids is 5. The Morgan fingerprint density at radius 3 is 2.26 bits per heavy atom. The predicted octanol–water partition coefficient (Wildman–Crippen LogP) is 2.46. The zero-order chi connectivity index (χ0) is 33.1. The van der Waals surface area contributed by atoms with Gasteiger partial charge in [0.25, 0.3) is 5.91 Å². The van der Waals surface area contributed by atoms with E-state index in [1.54, 1.807) is 11.0 Å². The van der Waals surface area contributed by atoms with Crippen molar-refractivity contribution in [3.05, 3.63) is 78.0 Å². The molecule has 0 bridgehead atoms. The highest BCUT2D eigenvalue weighted by Crippen LogP contribution is 2.21. The summed E-state index contributed by atoms with van der Waals surface area (Å²) in [5, 5.41) is 15.1. The van der Waals surface area contributed by atoms with Crippen LogP contribution in [0.4, 0.5) is 0 Å². The highest BCUT2D eigenvalue weighted by molar-refractivity contribution is 5.95.